The smallest absolute Gasteiger partial charge is 0.262 e. The van der Waals surface area contributed by atoms with Gasteiger partial charge in [0.05, 0.1) is 5.16 Å². The second kappa shape index (κ2) is 10.4. The molecule has 0 atom stereocenters. The lowest BCUT2D eigenvalue weighted by molar-refractivity contribution is 0.275. The summed E-state index contributed by atoms with van der Waals surface area (Å²) in [6.07, 6.45) is 0. The Kier molecular flexibility index (Phi) is 14.6. The number of halogens is 2. The molecule has 0 fully saturated rings. The van der Waals surface area contributed by atoms with Crippen LogP contribution in [0.3, 0.4) is 0 Å². The standard InChI is InChI=1S/CCl2O.CHNS2/c2-1(3)4;3-1-2-4/h;4H. The van der Waals surface area contributed by atoms with E-state index < -0.39 is 4.70 Å². The van der Waals surface area contributed by atoms with Crippen molar-refractivity contribution in [1.29, 1.82) is 0 Å². The minimum Gasteiger partial charge on any atom is -0.262 e. The lowest BCUT2D eigenvalue weighted by atomic mass is 11.8. The average molecular weight is 190 g/mol. The fraction of sp³-hybridized carbons (Fsp3) is 0. The van der Waals surface area contributed by atoms with Gasteiger partial charge in [0.15, 0.2) is 0 Å². The molecule has 0 rings (SSSR count). The molecule has 0 N–H and O–H groups in total. The van der Waals surface area contributed by atoms with E-state index in [-0.39, 0.29) is 0 Å². The highest BCUT2D eigenvalue weighted by Crippen LogP contribution is 1.84. The maximum Gasteiger partial charge on any atom is 0.313 e. The van der Waals surface area contributed by atoms with Crippen molar-refractivity contribution in [3.63, 3.8) is 0 Å². The summed E-state index contributed by atoms with van der Waals surface area (Å²) < 4.78 is 2.11. The summed E-state index contributed by atoms with van der Waals surface area (Å²) in [5.41, 5.74) is 0. The van der Waals surface area contributed by atoms with Crippen molar-refractivity contribution in [3.05, 3.63) is 0 Å². The van der Waals surface area contributed by atoms with Crippen LogP contribution < -0.4 is 0 Å². The molecule has 46 valence electrons. The quantitative estimate of drug-likeness (QED) is 0.275. The number of nitrogens with zero attached hydrogens (tertiary/aromatic N) is 1. The van der Waals surface area contributed by atoms with Crippen LogP contribution in [-0.4, -0.2) is 9.86 Å². The average Bonchev–Trinajstić information content (AvgIpc) is 1.65. The molecule has 0 saturated heterocycles. The molecule has 0 aliphatic heterocycles. The fourth-order valence-electron chi connectivity index (χ4n) is 0. The van der Waals surface area contributed by atoms with E-state index in [1.807, 2.05) is 5.16 Å². The molecule has 0 aromatic rings. The number of carbonyl (C=O) groups excluding carboxylic acids is 1. The van der Waals surface area contributed by atoms with Crippen LogP contribution in [0, 0.1) is 0 Å². The van der Waals surface area contributed by atoms with Gasteiger partial charge in [-0.15, -0.1) is 0 Å². The van der Waals surface area contributed by atoms with Crippen molar-refractivity contribution < 1.29 is 4.79 Å². The Morgan fingerprint density at radius 2 is 1.88 bits per heavy atom. The Hall–Kier alpha value is 0.400. The van der Waals surface area contributed by atoms with Crippen molar-refractivity contribution >= 4 is 58.1 Å². The Balaban J connectivity index is 0. The van der Waals surface area contributed by atoms with Crippen LogP contribution in [0.2, 0.25) is 0 Å². The van der Waals surface area contributed by atoms with Crippen LogP contribution in [-0.2, 0) is 0 Å². The van der Waals surface area contributed by atoms with E-state index in [9.17, 15) is 0 Å². The largest absolute Gasteiger partial charge is 0.313 e. The van der Waals surface area contributed by atoms with Crippen molar-refractivity contribution in [2.75, 3.05) is 0 Å². The summed E-state index contributed by atoms with van der Waals surface area (Å²) in [4.78, 5) is 8.98. The van der Waals surface area contributed by atoms with E-state index in [1.165, 1.54) is 0 Å². The molecule has 0 aliphatic rings. The summed E-state index contributed by atoms with van der Waals surface area (Å²) in [5, 5.41) is 2.00. The van der Waals surface area contributed by atoms with Gasteiger partial charge < -0.3 is 0 Å². The molecule has 0 aromatic carbocycles. The van der Waals surface area contributed by atoms with E-state index in [0.29, 0.717) is 0 Å². The predicted molar refractivity (Wildman–Crippen MR) is 41.1 cm³/mol. The summed E-state index contributed by atoms with van der Waals surface area (Å²) in [7, 11) is 0. The first kappa shape index (κ1) is 11.2. The fourth-order valence-corrected chi connectivity index (χ4v) is 0. The summed E-state index contributed by atoms with van der Waals surface area (Å²) >= 11 is 16.2. The predicted octanol–water partition coefficient (Wildman–Crippen LogP) is 2.52. The molecular weight excluding hydrogens is 189 g/mol. The molecule has 0 spiro atoms. The second-order valence-electron chi connectivity index (χ2n) is 0.417. The number of hydrogen-bond donors (Lipinski definition) is 1. The van der Waals surface area contributed by atoms with Crippen molar-refractivity contribution in [1.82, 2.24) is 0 Å². The highest BCUT2D eigenvalue weighted by molar-refractivity contribution is 7.82. The molecule has 0 radical (unpaired) electrons. The van der Waals surface area contributed by atoms with Crippen LogP contribution in [0.25, 0.3) is 0 Å². The minimum atomic E-state index is -0.889. The minimum absolute atomic E-state index is 0.889. The van der Waals surface area contributed by atoms with Gasteiger partial charge in [0.2, 0.25) is 0 Å². The lowest BCUT2D eigenvalue weighted by Gasteiger charge is -1.48. The summed E-state index contributed by atoms with van der Waals surface area (Å²) in [6.45, 7) is 0. The monoisotopic (exact) mass is 189 g/mol. The van der Waals surface area contributed by atoms with Gasteiger partial charge in [-0.25, -0.2) is 0 Å². The molecule has 6 heteroatoms. The van der Waals surface area contributed by atoms with Crippen LogP contribution >= 0.6 is 48.2 Å². The van der Waals surface area contributed by atoms with Gasteiger partial charge in [-0.2, -0.15) is 4.40 Å². The third kappa shape index (κ3) is 95.2. The number of carbonyl (C=O) groups is 1. The highest BCUT2D eigenvalue weighted by Gasteiger charge is 1.72. The Labute approximate surface area is 67.4 Å². The normalized spacial score (nSPS) is 5.38. The number of thiocarbonyl (C=S) groups is 1. The van der Waals surface area contributed by atoms with Gasteiger partial charge in [0.25, 0.3) is 0 Å². The Bertz CT molecular complexity index is 107. The van der Waals surface area contributed by atoms with Gasteiger partial charge in [-0.3, -0.25) is 4.79 Å². The van der Waals surface area contributed by atoms with Crippen molar-refractivity contribution in [3.8, 4) is 0 Å². The molecule has 2 nitrogen and oxygen atoms in total. The van der Waals surface area contributed by atoms with Crippen LogP contribution in [0.15, 0.2) is 4.40 Å². The molecule has 0 unspecified atom stereocenters. The SMILES string of the molecule is O=C(Cl)Cl.S=C=NS. The maximum absolute atomic E-state index is 8.98. The first-order valence-corrected chi connectivity index (χ1v) is 2.77. The maximum atomic E-state index is 8.98. The molecule has 0 saturated carbocycles. The molecule has 0 aliphatic carbocycles. The molecule has 0 amide bonds. The Morgan fingerprint density at radius 3 is 1.88 bits per heavy atom. The summed E-state index contributed by atoms with van der Waals surface area (Å²) in [5.74, 6) is 0. The van der Waals surface area contributed by atoms with Gasteiger partial charge in [-0.1, -0.05) is 0 Å². The lowest BCUT2D eigenvalue weighted by Crippen LogP contribution is -1.46. The van der Waals surface area contributed by atoms with Gasteiger partial charge >= 0.3 is 4.70 Å². The van der Waals surface area contributed by atoms with E-state index in [1.54, 1.807) is 0 Å². The zero-order chi connectivity index (χ0) is 6.99. The highest BCUT2D eigenvalue weighted by atomic mass is 35.5. The topological polar surface area (TPSA) is 29.4 Å². The molecule has 8 heavy (non-hydrogen) atoms. The molecule has 0 heterocycles. The van der Waals surface area contributed by atoms with E-state index in [4.69, 9.17) is 4.79 Å². The van der Waals surface area contributed by atoms with Crippen molar-refractivity contribution in [2.24, 2.45) is 4.40 Å². The number of rotatable bonds is 0. The van der Waals surface area contributed by atoms with Crippen molar-refractivity contribution in [2.45, 2.75) is 0 Å². The molecule has 0 bridgehead atoms. The molecule has 0 aromatic heterocycles. The third-order valence-corrected chi connectivity index (χ3v) is 0.367. The zero-order valence-corrected chi connectivity index (χ0v) is 6.69. The third-order valence-electron chi connectivity index (χ3n) is 0.0408. The van der Waals surface area contributed by atoms with Gasteiger partial charge in [-0.05, 0) is 48.2 Å². The van der Waals surface area contributed by atoms with Crippen LogP contribution in [0.5, 0.6) is 0 Å². The number of thiol groups is 1. The summed E-state index contributed by atoms with van der Waals surface area (Å²) in [6, 6.07) is 0. The second-order valence-corrected chi connectivity index (χ2v) is 1.68. The first-order chi connectivity index (χ1) is 3.65. The van der Waals surface area contributed by atoms with Crippen LogP contribution in [0.1, 0.15) is 0 Å². The molecular formula is C2HCl2NOS2. The van der Waals surface area contributed by atoms with E-state index in [2.05, 4.69) is 52.6 Å². The Morgan fingerprint density at radius 1 is 1.75 bits per heavy atom. The van der Waals surface area contributed by atoms with E-state index >= 15 is 0 Å². The first-order valence-electron chi connectivity index (χ1n) is 1.21. The number of hydrogen-bond acceptors (Lipinski definition) is 4. The van der Waals surface area contributed by atoms with Gasteiger partial charge in [0, 0.05) is 0 Å². The van der Waals surface area contributed by atoms with E-state index in [0.717, 1.165) is 0 Å². The zero-order valence-electron chi connectivity index (χ0n) is 3.47. The van der Waals surface area contributed by atoms with Crippen LogP contribution in [0.4, 0.5) is 4.79 Å². The van der Waals surface area contributed by atoms with Gasteiger partial charge in [0.1, 0.15) is 0 Å². The number of isothiocyanates is 1.